The molecule has 0 radical (unpaired) electrons. The van der Waals surface area contributed by atoms with Gasteiger partial charge in [-0.05, 0) is 24.5 Å². The van der Waals surface area contributed by atoms with Crippen LogP contribution in [0.4, 0.5) is 11.4 Å². The zero-order chi connectivity index (χ0) is 18.1. The van der Waals surface area contributed by atoms with Crippen molar-refractivity contribution in [2.75, 3.05) is 30.6 Å². The lowest BCUT2D eigenvalue weighted by Crippen LogP contribution is -2.17. The molecule has 1 aliphatic heterocycles. The fourth-order valence-corrected chi connectivity index (χ4v) is 3.13. The van der Waals surface area contributed by atoms with Crippen LogP contribution in [0.5, 0.6) is 5.88 Å². The molecule has 1 atom stereocenters. The second kappa shape index (κ2) is 6.84. The topological polar surface area (TPSA) is 63.2 Å². The summed E-state index contributed by atoms with van der Waals surface area (Å²) >= 11 is 1.44. The number of benzene rings is 2. The molecule has 0 spiro atoms. The molecule has 0 fully saturated rings. The third-order valence-corrected chi connectivity index (χ3v) is 4.77. The van der Waals surface area contributed by atoms with Crippen molar-refractivity contribution in [1.82, 2.24) is 15.2 Å². The van der Waals surface area contributed by atoms with Gasteiger partial charge in [-0.1, -0.05) is 42.1 Å². The highest BCUT2D eigenvalue weighted by molar-refractivity contribution is 7.98. The van der Waals surface area contributed by atoms with E-state index in [4.69, 9.17) is 4.74 Å². The van der Waals surface area contributed by atoms with Crippen LogP contribution in [0.15, 0.2) is 53.7 Å². The largest absolute Gasteiger partial charge is 0.448 e. The molecule has 0 aliphatic carbocycles. The summed E-state index contributed by atoms with van der Waals surface area (Å²) in [5, 5.41) is 12.6. The number of fused-ring (bicyclic) bond motifs is 3. The molecule has 4 rings (SSSR count). The van der Waals surface area contributed by atoms with E-state index in [1.54, 1.807) is 0 Å². The second-order valence-corrected chi connectivity index (χ2v) is 6.90. The summed E-state index contributed by atoms with van der Waals surface area (Å²) < 4.78 is 6.22. The number of para-hydroxylation sites is 1. The van der Waals surface area contributed by atoms with Gasteiger partial charge in [-0.25, -0.2) is 0 Å². The second-order valence-electron chi connectivity index (χ2n) is 6.13. The van der Waals surface area contributed by atoms with Crippen LogP contribution in [0.25, 0.3) is 11.3 Å². The van der Waals surface area contributed by atoms with Crippen molar-refractivity contribution in [1.29, 1.82) is 0 Å². The Bertz CT molecular complexity index is 929. The fraction of sp³-hybridized carbons (Fsp3) is 0.211. The molecular weight excluding hydrogens is 346 g/mol. The van der Waals surface area contributed by atoms with E-state index in [0.717, 1.165) is 22.5 Å². The minimum atomic E-state index is -0.361. The molecule has 7 heteroatoms. The Morgan fingerprint density at radius 2 is 1.81 bits per heavy atom. The van der Waals surface area contributed by atoms with Crippen molar-refractivity contribution in [3.63, 3.8) is 0 Å². The van der Waals surface area contributed by atoms with Gasteiger partial charge in [0.25, 0.3) is 0 Å². The van der Waals surface area contributed by atoms with Gasteiger partial charge < -0.3 is 15.0 Å². The first-order valence-electron chi connectivity index (χ1n) is 8.24. The molecule has 0 saturated carbocycles. The number of hydrogen-bond donors (Lipinski definition) is 1. The van der Waals surface area contributed by atoms with E-state index >= 15 is 0 Å². The standard InChI is InChI=1S/C19H19N5OS/c1-24(2)13-10-8-12(9-11-13)17-20-15-7-5-4-6-14(15)16-18(25-17)21-19(26-3)23-22-16/h4-11,17,20H,1-3H3/t17-/m1/s1. The first kappa shape index (κ1) is 16.7. The Balaban J connectivity index is 1.79. The molecule has 0 bridgehead atoms. The van der Waals surface area contributed by atoms with Crippen LogP contribution in [-0.4, -0.2) is 35.5 Å². The molecule has 1 aromatic heterocycles. The molecule has 0 saturated heterocycles. The minimum Gasteiger partial charge on any atom is -0.448 e. The molecule has 1 aliphatic rings. The molecule has 0 amide bonds. The molecule has 26 heavy (non-hydrogen) atoms. The summed E-state index contributed by atoms with van der Waals surface area (Å²) in [6.45, 7) is 0. The van der Waals surface area contributed by atoms with E-state index in [1.165, 1.54) is 11.8 Å². The van der Waals surface area contributed by atoms with Gasteiger partial charge in [-0.2, -0.15) is 4.98 Å². The van der Waals surface area contributed by atoms with Gasteiger partial charge >= 0.3 is 0 Å². The van der Waals surface area contributed by atoms with Crippen molar-refractivity contribution in [2.45, 2.75) is 11.4 Å². The summed E-state index contributed by atoms with van der Waals surface area (Å²) in [6.07, 6.45) is 1.56. The Morgan fingerprint density at radius 1 is 1.04 bits per heavy atom. The average molecular weight is 365 g/mol. The van der Waals surface area contributed by atoms with Crippen LogP contribution in [-0.2, 0) is 0 Å². The molecule has 3 aromatic rings. The number of thioether (sulfide) groups is 1. The van der Waals surface area contributed by atoms with Crippen LogP contribution in [0.2, 0.25) is 0 Å². The summed E-state index contributed by atoms with van der Waals surface area (Å²) in [6, 6.07) is 16.2. The Morgan fingerprint density at radius 3 is 2.54 bits per heavy atom. The lowest BCUT2D eigenvalue weighted by molar-refractivity contribution is 0.225. The van der Waals surface area contributed by atoms with Crippen molar-refractivity contribution >= 4 is 23.1 Å². The van der Waals surface area contributed by atoms with Gasteiger partial charge in [0.15, 0.2) is 11.9 Å². The Hall–Kier alpha value is -2.80. The lowest BCUT2D eigenvalue weighted by Gasteiger charge is -2.20. The van der Waals surface area contributed by atoms with Crippen LogP contribution in [0.3, 0.4) is 0 Å². The normalized spacial score (nSPS) is 15.1. The van der Waals surface area contributed by atoms with Crippen molar-refractivity contribution in [3.8, 4) is 17.1 Å². The highest BCUT2D eigenvalue weighted by Gasteiger charge is 2.25. The van der Waals surface area contributed by atoms with E-state index in [2.05, 4.69) is 49.7 Å². The molecule has 132 valence electrons. The molecule has 1 N–H and O–H groups in total. The first-order valence-corrected chi connectivity index (χ1v) is 9.47. The minimum absolute atomic E-state index is 0.361. The summed E-state index contributed by atoms with van der Waals surface area (Å²) in [5.41, 5.74) is 4.68. The van der Waals surface area contributed by atoms with E-state index < -0.39 is 0 Å². The monoisotopic (exact) mass is 365 g/mol. The lowest BCUT2D eigenvalue weighted by atomic mass is 10.1. The number of nitrogens with one attached hydrogen (secondary N) is 1. The maximum atomic E-state index is 6.22. The summed E-state index contributed by atoms with van der Waals surface area (Å²) in [4.78, 5) is 6.60. The maximum absolute atomic E-state index is 6.22. The predicted octanol–water partition coefficient (Wildman–Crippen LogP) is 3.83. The maximum Gasteiger partial charge on any atom is 0.247 e. The summed E-state index contributed by atoms with van der Waals surface area (Å²) in [7, 11) is 4.04. The molecule has 2 heterocycles. The molecular formula is C19H19N5OS. The number of hydrogen-bond acceptors (Lipinski definition) is 7. The molecule has 6 nitrogen and oxygen atoms in total. The van der Waals surface area contributed by atoms with Crippen molar-refractivity contribution < 1.29 is 4.74 Å². The number of nitrogens with zero attached hydrogens (tertiary/aromatic N) is 4. The highest BCUT2D eigenvalue weighted by atomic mass is 32.2. The zero-order valence-electron chi connectivity index (χ0n) is 14.8. The van der Waals surface area contributed by atoms with Crippen LogP contribution in [0, 0.1) is 0 Å². The van der Waals surface area contributed by atoms with E-state index in [1.807, 2.05) is 44.6 Å². The van der Waals surface area contributed by atoms with Gasteiger partial charge in [0, 0.05) is 36.6 Å². The first-order chi connectivity index (χ1) is 12.7. The van der Waals surface area contributed by atoms with Gasteiger partial charge in [0.2, 0.25) is 11.0 Å². The van der Waals surface area contributed by atoms with E-state index in [0.29, 0.717) is 16.7 Å². The highest BCUT2D eigenvalue weighted by Crippen LogP contribution is 2.39. The van der Waals surface area contributed by atoms with Gasteiger partial charge in [-0.15, -0.1) is 10.2 Å². The van der Waals surface area contributed by atoms with Crippen molar-refractivity contribution in [3.05, 3.63) is 54.1 Å². The van der Waals surface area contributed by atoms with Crippen molar-refractivity contribution in [2.24, 2.45) is 0 Å². The average Bonchev–Trinajstić information content (AvgIpc) is 2.84. The third-order valence-electron chi connectivity index (χ3n) is 4.23. The van der Waals surface area contributed by atoms with Gasteiger partial charge in [0.1, 0.15) is 0 Å². The van der Waals surface area contributed by atoms with Crippen LogP contribution in [0.1, 0.15) is 11.8 Å². The van der Waals surface area contributed by atoms with Gasteiger partial charge in [-0.3, -0.25) is 0 Å². The zero-order valence-corrected chi connectivity index (χ0v) is 15.6. The van der Waals surface area contributed by atoms with Crippen LogP contribution >= 0.6 is 11.8 Å². The van der Waals surface area contributed by atoms with E-state index in [-0.39, 0.29) is 6.23 Å². The smallest absolute Gasteiger partial charge is 0.247 e. The fourth-order valence-electron chi connectivity index (χ4n) is 2.83. The molecule has 0 unspecified atom stereocenters. The SMILES string of the molecule is CSc1nnc2c(n1)O[C@H](c1ccc(N(C)C)cc1)Nc1ccccc1-2. The Labute approximate surface area is 156 Å². The van der Waals surface area contributed by atoms with E-state index in [9.17, 15) is 0 Å². The number of anilines is 2. The van der Waals surface area contributed by atoms with Crippen LogP contribution < -0.4 is 15.0 Å². The third kappa shape index (κ3) is 3.06. The Kier molecular flexibility index (Phi) is 4.38. The van der Waals surface area contributed by atoms with Gasteiger partial charge in [0.05, 0.1) is 0 Å². The predicted molar refractivity (Wildman–Crippen MR) is 105 cm³/mol. The quantitative estimate of drug-likeness (QED) is 0.708. The molecule has 2 aromatic carbocycles. The number of rotatable bonds is 3. The summed E-state index contributed by atoms with van der Waals surface area (Å²) in [5.74, 6) is 0.489. The number of aromatic nitrogens is 3. The number of ether oxygens (including phenoxy) is 1.